The van der Waals surface area contributed by atoms with E-state index in [4.69, 9.17) is 9.47 Å². The number of unbranched alkanes of at least 4 members (excludes halogenated alkanes) is 25. The standard InChI is InChI=1S/C45H87NO9/c1-3-5-7-9-11-13-15-17-19-20-22-23-25-27-29-31-33-38(48)37(36-54-45-43(52)42(51)41(50)40(35-47)55-45)46-44(53)39(49)34-32-30-28-26-24-21-18-16-14-12-10-8-6-4-2/h14,16,37-43,45,47-52H,3-13,15,17-36H2,1-2H3,(H,46,53)/b16-14-. The highest BCUT2D eigenvalue weighted by molar-refractivity contribution is 5.80. The molecular weight excluding hydrogens is 698 g/mol. The Labute approximate surface area is 336 Å². The van der Waals surface area contributed by atoms with Gasteiger partial charge in [0.15, 0.2) is 6.29 Å². The number of amides is 1. The number of aliphatic hydroxyl groups is 6. The fraction of sp³-hybridized carbons (Fsp3) is 0.933. The van der Waals surface area contributed by atoms with Crippen LogP contribution >= 0.6 is 0 Å². The second-order valence-electron chi connectivity index (χ2n) is 16.3. The fourth-order valence-corrected chi connectivity index (χ4v) is 7.40. The average Bonchev–Trinajstić information content (AvgIpc) is 3.18. The third-order valence-corrected chi connectivity index (χ3v) is 11.2. The Morgan fingerprint density at radius 2 is 1.02 bits per heavy atom. The molecule has 0 radical (unpaired) electrons. The number of rotatable bonds is 38. The molecule has 1 saturated heterocycles. The minimum Gasteiger partial charge on any atom is -0.394 e. The maximum absolute atomic E-state index is 13.0. The van der Waals surface area contributed by atoms with Crippen molar-refractivity contribution in [2.45, 2.75) is 255 Å². The van der Waals surface area contributed by atoms with E-state index >= 15 is 0 Å². The lowest BCUT2D eigenvalue weighted by molar-refractivity contribution is -0.302. The molecule has 326 valence electrons. The molecule has 1 aliphatic heterocycles. The van der Waals surface area contributed by atoms with Crippen LogP contribution in [0, 0.1) is 0 Å². The molecule has 0 aromatic carbocycles. The fourth-order valence-electron chi connectivity index (χ4n) is 7.40. The predicted octanol–water partition coefficient (Wildman–Crippen LogP) is 8.31. The lowest BCUT2D eigenvalue weighted by Crippen LogP contribution is -2.60. The van der Waals surface area contributed by atoms with Crippen LogP contribution in [0.3, 0.4) is 0 Å². The molecule has 1 rings (SSSR count). The zero-order valence-corrected chi connectivity index (χ0v) is 35.3. The maximum Gasteiger partial charge on any atom is 0.249 e. The summed E-state index contributed by atoms with van der Waals surface area (Å²) in [6.07, 6.45) is 29.7. The van der Waals surface area contributed by atoms with E-state index in [1.54, 1.807) is 0 Å². The number of carbonyl (C=O) groups excluding carboxylic acids is 1. The lowest BCUT2D eigenvalue weighted by atomic mass is 9.99. The molecule has 0 saturated carbocycles. The summed E-state index contributed by atoms with van der Waals surface area (Å²) in [4.78, 5) is 13.0. The summed E-state index contributed by atoms with van der Waals surface area (Å²) in [7, 11) is 0. The van der Waals surface area contributed by atoms with Crippen molar-refractivity contribution in [3.05, 3.63) is 12.2 Å². The van der Waals surface area contributed by atoms with Crippen LogP contribution in [-0.2, 0) is 14.3 Å². The van der Waals surface area contributed by atoms with E-state index in [1.807, 2.05) is 0 Å². The summed E-state index contributed by atoms with van der Waals surface area (Å²) in [5.41, 5.74) is 0. The number of allylic oxidation sites excluding steroid dienone is 2. The van der Waals surface area contributed by atoms with Gasteiger partial charge in [-0.3, -0.25) is 4.79 Å². The zero-order chi connectivity index (χ0) is 40.4. The van der Waals surface area contributed by atoms with Gasteiger partial charge in [-0.1, -0.05) is 180 Å². The van der Waals surface area contributed by atoms with E-state index in [9.17, 15) is 35.4 Å². The van der Waals surface area contributed by atoms with Crippen molar-refractivity contribution in [1.82, 2.24) is 5.32 Å². The van der Waals surface area contributed by atoms with Gasteiger partial charge in [0.2, 0.25) is 5.91 Å². The van der Waals surface area contributed by atoms with Gasteiger partial charge in [-0.05, 0) is 38.5 Å². The normalized spacial score (nSPS) is 21.9. The van der Waals surface area contributed by atoms with Crippen molar-refractivity contribution in [3.63, 3.8) is 0 Å². The first-order valence-electron chi connectivity index (χ1n) is 23.0. The average molecular weight is 786 g/mol. The van der Waals surface area contributed by atoms with Crippen molar-refractivity contribution in [3.8, 4) is 0 Å². The van der Waals surface area contributed by atoms with E-state index in [0.29, 0.717) is 12.8 Å². The molecule has 7 N–H and O–H groups in total. The Hall–Kier alpha value is -1.11. The Morgan fingerprint density at radius 1 is 0.600 bits per heavy atom. The van der Waals surface area contributed by atoms with E-state index in [-0.39, 0.29) is 6.61 Å². The highest BCUT2D eigenvalue weighted by Gasteiger charge is 2.44. The van der Waals surface area contributed by atoms with Crippen molar-refractivity contribution in [2.75, 3.05) is 13.2 Å². The van der Waals surface area contributed by atoms with Gasteiger partial charge in [0, 0.05) is 0 Å². The van der Waals surface area contributed by atoms with Crippen molar-refractivity contribution in [1.29, 1.82) is 0 Å². The van der Waals surface area contributed by atoms with E-state index in [2.05, 4.69) is 31.3 Å². The van der Waals surface area contributed by atoms with Crippen LogP contribution in [0.2, 0.25) is 0 Å². The number of aliphatic hydroxyl groups excluding tert-OH is 6. The van der Waals surface area contributed by atoms with Crippen molar-refractivity contribution in [2.24, 2.45) is 0 Å². The summed E-state index contributed by atoms with van der Waals surface area (Å²) in [6.45, 7) is 3.65. The summed E-state index contributed by atoms with van der Waals surface area (Å²) < 4.78 is 11.2. The number of ether oxygens (including phenoxy) is 2. The molecule has 1 heterocycles. The van der Waals surface area contributed by atoms with Gasteiger partial charge in [-0.2, -0.15) is 0 Å². The first-order chi connectivity index (χ1) is 26.8. The Morgan fingerprint density at radius 3 is 1.49 bits per heavy atom. The van der Waals surface area contributed by atoms with Gasteiger partial charge in [0.25, 0.3) is 0 Å². The molecule has 55 heavy (non-hydrogen) atoms. The molecule has 0 aliphatic carbocycles. The molecule has 8 unspecified atom stereocenters. The molecular formula is C45H87NO9. The Kier molecular flexibility index (Phi) is 34.0. The lowest BCUT2D eigenvalue weighted by Gasteiger charge is -2.40. The highest BCUT2D eigenvalue weighted by Crippen LogP contribution is 2.23. The van der Waals surface area contributed by atoms with Gasteiger partial charge >= 0.3 is 0 Å². The van der Waals surface area contributed by atoms with Crippen LogP contribution in [0.15, 0.2) is 12.2 Å². The van der Waals surface area contributed by atoms with Gasteiger partial charge in [-0.25, -0.2) is 0 Å². The van der Waals surface area contributed by atoms with Crippen LogP contribution in [0.5, 0.6) is 0 Å². The molecule has 10 nitrogen and oxygen atoms in total. The van der Waals surface area contributed by atoms with Crippen LogP contribution < -0.4 is 5.32 Å². The maximum atomic E-state index is 13.0. The minimum absolute atomic E-state index is 0.255. The number of hydrogen-bond acceptors (Lipinski definition) is 9. The smallest absolute Gasteiger partial charge is 0.249 e. The largest absolute Gasteiger partial charge is 0.394 e. The topological polar surface area (TPSA) is 169 Å². The molecule has 1 fully saturated rings. The summed E-state index contributed by atoms with van der Waals surface area (Å²) in [5, 5.41) is 64.8. The SMILES string of the molecule is CCCCCC/C=C\CCCCCCCCC(O)C(=O)NC(COC1OC(CO)C(O)C(O)C1O)C(O)CCCCCCCCCCCCCCCCCC. The molecule has 10 heteroatoms. The third-order valence-electron chi connectivity index (χ3n) is 11.2. The summed E-state index contributed by atoms with van der Waals surface area (Å²) >= 11 is 0. The second kappa shape index (κ2) is 36.0. The molecule has 0 bridgehead atoms. The highest BCUT2D eigenvalue weighted by atomic mass is 16.7. The molecule has 0 spiro atoms. The number of carbonyl (C=O) groups is 1. The first kappa shape index (κ1) is 51.9. The van der Waals surface area contributed by atoms with Crippen molar-refractivity contribution >= 4 is 5.91 Å². The second-order valence-corrected chi connectivity index (χ2v) is 16.3. The van der Waals surface area contributed by atoms with Gasteiger partial charge in [0.1, 0.15) is 30.5 Å². The van der Waals surface area contributed by atoms with Gasteiger partial charge in [-0.15, -0.1) is 0 Å². The minimum atomic E-state index is -1.59. The predicted molar refractivity (Wildman–Crippen MR) is 223 cm³/mol. The van der Waals surface area contributed by atoms with E-state index in [0.717, 1.165) is 57.8 Å². The van der Waals surface area contributed by atoms with E-state index < -0.39 is 61.5 Å². The molecule has 0 aromatic heterocycles. The number of nitrogens with one attached hydrogen (secondary N) is 1. The monoisotopic (exact) mass is 786 g/mol. The summed E-state index contributed by atoms with van der Waals surface area (Å²) in [5.74, 6) is -0.588. The van der Waals surface area contributed by atoms with Crippen molar-refractivity contribution < 1.29 is 44.9 Å². The first-order valence-corrected chi connectivity index (χ1v) is 23.0. The zero-order valence-electron chi connectivity index (χ0n) is 35.3. The summed E-state index contributed by atoms with van der Waals surface area (Å²) in [6, 6.07) is -0.892. The van der Waals surface area contributed by atoms with Crippen LogP contribution in [0.4, 0.5) is 0 Å². The molecule has 8 atom stereocenters. The van der Waals surface area contributed by atoms with Gasteiger partial charge in [0.05, 0.1) is 25.4 Å². The third kappa shape index (κ3) is 26.5. The molecule has 1 amide bonds. The van der Waals surface area contributed by atoms with Crippen LogP contribution in [0.1, 0.15) is 206 Å². The van der Waals surface area contributed by atoms with Crippen LogP contribution in [0.25, 0.3) is 0 Å². The Bertz CT molecular complexity index is 890. The van der Waals surface area contributed by atoms with E-state index in [1.165, 1.54) is 122 Å². The molecule has 0 aromatic rings. The van der Waals surface area contributed by atoms with Crippen LogP contribution in [-0.4, -0.2) is 98.7 Å². The Balaban J connectivity index is 2.40. The quantitative estimate of drug-likeness (QED) is 0.0241. The van der Waals surface area contributed by atoms with Gasteiger partial charge < -0.3 is 45.4 Å². The molecule has 1 aliphatic rings. The number of hydrogen-bond donors (Lipinski definition) is 7.